The molecule has 0 heterocycles. The number of nitrogens with one attached hydrogen (secondary N) is 2. The summed E-state index contributed by atoms with van der Waals surface area (Å²) in [6, 6.07) is 6.17. The molecule has 2 amide bonds. The number of amides is 2. The second-order valence-electron chi connectivity index (χ2n) is 5.75. The third kappa shape index (κ3) is 4.71. The number of aliphatic carboxylic acids is 1. The number of carboxylic acid groups (broad SMARTS) is 1. The van der Waals surface area contributed by atoms with Crippen molar-refractivity contribution < 1.29 is 24.2 Å². The van der Waals surface area contributed by atoms with E-state index in [9.17, 15) is 14.4 Å². The van der Waals surface area contributed by atoms with E-state index in [0.717, 1.165) is 0 Å². The molecular weight excluding hydrogens is 312 g/mol. The maximum atomic E-state index is 12.1. The number of anilines is 1. The molecule has 0 aromatic heterocycles. The zero-order chi connectivity index (χ0) is 17.5. The lowest BCUT2D eigenvalue weighted by Crippen LogP contribution is -2.41. The summed E-state index contributed by atoms with van der Waals surface area (Å²) >= 11 is 0. The van der Waals surface area contributed by atoms with Gasteiger partial charge in [0.2, 0.25) is 0 Å². The van der Waals surface area contributed by atoms with Crippen LogP contribution < -0.4 is 10.6 Å². The quantitative estimate of drug-likeness (QED) is 0.718. The average molecular weight is 334 g/mol. The van der Waals surface area contributed by atoms with E-state index in [1.807, 2.05) is 0 Å². The van der Waals surface area contributed by atoms with Gasteiger partial charge in [0.25, 0.3) is 0 Å². The van der Waals surface area contributed by atoms with Gasteiger partial charge in [-0.15, -0.1) is 0 Å². The lowest BCUT2D eigenvalue weighted by molar-refractivity contribution is -0.142. The Labute approximate surface area is 140 Å². The van der Waals surface area contributed by atoms with E-state index in [1.54, 1.807) is 31.2 Å². The highest BCUT2D eigenvalue weighted by atomic mass is 16.5. The Kier molecular flexibility index (Phi) is 6.17. The standard InChI is InChI=1S/C17H22N2O5/c1-2-24-16(22)13-5-3-4-6-14(13)19-17(23)18-12-9-7-11(8-10-12)15(20)21/h3-6,11-12H,2,7-10H2,1H3,(H,20,21)(H2,18,19,23). The normalized spacial score (nSPS) is 20.0. The summed E-state index contributed by atoms with van der Waals surface area (Å²) in [6.07, 6.45) is 2.37. The minimum absolute atomic E-state index is 0.0599. The molecule has 0 saturated heterocycles. The minimum atomic E-state index is -0.777. The van der Waals surface area contributed by atoms with Crippen LogP contribution in [-0.2, 0) is 9.53 Å². The third-order valence-corrected chi connectivity index (χ3v) is 4.08. The molecule has 1 aromatic rings. The molecule has 1 aliphatic carbocycles. The zero-order valence-electron chi connectivity index (χ0n) is 13.6. The average Bonchev–Trinajstić information content (AvgIpc) is 2.56. The second kappa shape index (κ2) is 8.33. The van der Waals surface area contributed by atoms with E-state index < -0.39 is 18.0 Å². The Morgan fingerprint density at radius 2 is 1.83 bits per heavy atom. The Balaban J connectivity index is 1.91. The maximum absolute atomic E-state index is 12.1. The highest BCUT2D eigenvalue weighted by Gasteiger charge is 2.26. The molecule has 0 spiro atoms. The predicted molar refractivity (Wildman–Crippen MR) is 87.9 cm³/mol. The number of esters is 1. The van der Waals surface area contributed by atoms with E-state index in [-0.39, 0.29) is 18.6 Å². The van der Waals surface area contributed by atoms with Crippen LogP contribution in [0.15, 0.2) is 24.3 Å². The fourth-order valence-electron chi connectivity index (χ4n) is 2.81. The SMILES string of the molecule is CCOC(=O)c1ccccc1NC(=O)NC1CCC(C(=O)O)CC1. The van der Waals surface area contributed by atoms with E-state index in [2.05, 4.69) is 10.6 Å². The van der Waals surface area contributed by atoms with Gasteiger partial charge in [-0.3, -0.25) is 4.79 Å². The van der Waals surface area contributed by atoms with Crippen LogP contribution in [0.2, 0.25) is 0 Å². The molecule has 7 nitrogen and oxygen atoms in total. The zero-order valence-corrected chi connectivity index (χ0v) is 13.6. The topological polar surface area (TPSA) is 105 Å². The van der Waals surface area contributed by atoms with Crippen molar-refractivity contribution in [1.29, 1.82) is 0 Å². The number of carboxylic acids is 1. The van der Waals surface area contributed by atoms with Crippen LogP contribution in [0.5, 0.6) is 0 Å². The molecule has 1 aliphatic rings. The van der Waals surface area contributed by atoms with Crippen LogP contribution in [-0.4, -0.2) is 35.7 Å². The van der Waals surface area contributed by atoms with Crippen LogP contribution in [0.4, 0.5) is 10.5 Å². The molecule has 1 aromatic carbocycles. The van der Waals surface area contributed by atoms with Crippen LogP contribution >= 0.6 is 0 Å². The van der Waals surface area contributed by atoms with Crippen molar-refractivity contribution in [2.24, 2.45) is 5.92 Å². The summed E-state index contributed by atoms with van der Waals surface area (Å²) in [5.41, 5.74) is 0.678. The summed E-state index contributed by atoms with van der Waals surface area (Å²) in [6.45, 7) is 1.97. The van der Waals surface area contributed by atoms with Gasteiger partial charge in [0.15, 0.2) is 0 Å². The van der Waals surface area contributed by atoms with Gasteiger partial charge in [-0.1, -0.05) is 12.1 Å². The summed E-state index contributed by atoms with van der Waals surface area (Å²) in [5, 5.41) is 14.5. The summed E-state index contributed by atoms with van der Waals surface area (Å²) in [7, 11) is 0. The molecule has 130 valence electrons. The number of rotatable bonds is 5. The molecule has 2 rings (SSSR count). The van der Waals surface area contributed by atoms with Crippen molar-refractivity contribution in [3.8, 4) is 0 Å². The lowest BCUT2D eigenvalue weighted by atomic mass is 9.86. The largest absolute Gasteiger partial charge is 0.481 e. The third-order valence-electron chi connectivity index (χ3n) is 4.08. The number of benzene rings is 1. The molecule has 1 fully saturated rings. The van der Waals surface area contributed by atoms with E-state index in [4.69, 9.17) is 9.84 Å². The molecule has 24 heavy (non-hydrogen) atoms. The van der Waals surface area contributed by atoms with Crippen LogP contribution in [0.3, 0.4) is 0 Å². The molecule has 0 unspecified atom stereocenters. The fraction of sp³-hybridized carbons (Fsp3) is 0.471. The lowest BCUT2D eigenvalue weighted by Gasteiger charge is -2.26. The number of carbonyl (C=O) groups excluding carboxylic acids is 2. The van der Waals surface area contributed by atoms with E-state index in [0.29, 0.717) is 36.9 Å². The smallest absolute Gasteiger partial charge is 0.340 e. The van der Waals surface area contributed by atoms with Gasteiger partial charge in [-0.25, -0.2) is 9.59 Å². The van der Waals surface area contributed by atoms with Gasteiger partial charge in [-0.2, -0.15) is 0 Å². The van der Waals surface area contributed by atoms with Crippen LogP contribution in [0.25, 0.3) is 0 Å². The first-order valence-electron chi connectivity index (χ1n) is 8.07. The molecular formula is C17H22N2O5. The van der Waals surface area contributed by atoms with Crippen LogP contribution in [0.1, 0.15) is 43.0 Å². The first kappa shape index (κ1) is 17.8. The molecule has 0 bridgehead atoms. The number of ether oxygens (including phenoxy) is 1. The van der Waals surface area contributed by atoms with Crippen molar-refractivity contribution in [1.82, 2.24) is 5.32 Å². The van der Waals surface area contributed by atoms with Gasteiger partial charge in [0, 0.05) is 6.04 Å². The van der Waals surface area contributed by atoms with E-state index in [1.165, 1.54) is 0 Å². The maximum Gasteiger partial charge on any atom is 0.340 e. The number of hydrogen-bond donors (Lipinski definition) is 3. The summed E-state index contributed by atoms with van der Waals surface area (Å²) in [5.74, 6) is -1.59. The first-order valence-corrected chi connectivity index (χ1v) is 8.07. The van der Waals surface area contributed by atoms with Gasteiger partial charge in [0.05, 0.1) is 23.8 Å². The van der Waals surface area contributed by atoms with Gasteiger partial charge < -0.3 is 20.5 Å². The highest BCUT2D eigenvalue weighted by molar-refractivity contribution is 6.00. The Morgan fingerprint density at radius 3 is 2.46 bits per heavy atom. The van der Waals surface area contributed by atoms with Crippen LogP contribution in [0, 0.1) is 5.92 Å². The minimum Gasteiger partial charge on any atom is -0.481 e. The number of para-hydroxylation sites is 1. The number of urea groups is 1. The Morgan fingerprint density at radius 1 is 1.17 bits per heavy atom. The second-order valence-corrected chi connectivity index (χ2v) is 5.75. The van der Waals surface area contributed by atoms with Crippen molar-refractivity contribution in [3.05, 3.63) is 29.8 Å². The Hall–Kier alpha value is -2.57. The predicted octanol–water partition coefficient (Wildman–Crippen LogP) is 2.63. The molecule has 0 atom stereocenters. The van der Waals surface area contributed by atoms with Crippen molar-refractivity contribution in [2.45, 2.75) is 38.6 Å². The van der Waals surface area contributed by atoms with Crippen molar-refractivity contribution in [2.75, 3.05) is 11.9 Å². The van der Waals surface area contributed by atoms with Gasteiger partial charge in [0.1, 0.15) is 0 Å². The molecule has 0 aliphatic heterocycles. The summed E-state index contributed by atoms with van der Waals surface area (Å²) < 4.78 is 4.97. The molecule has 3 N–H and O–H groups in total. The van der Waals surface area contributed by atoms with Gasteiger partial charge >= 0.3 is 18.0 Å². The number of carbonyl (C=O) groups is 3. The number of hydrogen-bond acceptors (Lipinski definition) is 4. The summed E-state index contributed by atoms with van der Waals surface area (Å²) in [4.78, 5) is 35.0. The molecule has 7 heteroatoms. The van der Waals surface area contributed by atoms with Crippen molar-refractivity contribution >= 4 is 23.7 Å². The first-order chi connectivity index (χ1) is 11.5. The van der Waals surface area contributed by atoms with Gasteiger partial charge in [-0.05, 0) is 44.7 Å². The monoisotopic (exact) mass is 334 g/mol. The molecule has 0 radical (unpaired) electrons. The fourth-order valence-corrected chi connectivity index (χ4v) is 2.81. The van der Waals surface area contributed by atoms with Crippen molar-refractivity contribution in [3.63, 3.8) is 0 Å². The highest BCUT2D eigenvalue weighted by Crippen LogP contribution is 2.24. The Bertz CT molecular complexity index is 609. The van der Waals surface area contributed by atoms with E-state index >= 15 is 0 Å². The molecule has 1 saturated carbocycles.